The van der Waals surface area contributed by atoms with E-state index in [1.807, 2.05) is 53.3 Å². The van der Waals surface area contributed by atoms with Gasteiger partial charge >= 0.3 is 11.9 Å². The van der Waals surface area contributed by atoms with Gasteiger partial charge in [0, 0.05) is 46.0 Å². The Morgan fingerprint density at radius 2 is 1.26 bits per heavy atom. The molecule has 7 nitrogen and oxygen atoms in total. The molecule has 4 N–H and O–H groups in total. The third-order valence-corrected chi connectivity index (χ3v) is 7.24. The highest BCUT2D eigenvalue weighted by atomic mass is 16.4. The van der Waals surface area contributed by atoms with Crippen LogP contribution in [-0.4, -0.2) is 55.9 Å². The Bertz CT molecular complexity index is 996. The van der Waals surface area contributed by atoms with Crippen LogP contribution in [0.1, 0.15) is 42.0 Å². The first-order valence-electron chi connectivity index (χ1n) is 11.7. The molecule has 0 aliphatic heterocycles. The van der Waals surface area contributed by atoms with Crippen molar-refractivity contribution in [2.45, 2.75) is 51.0 Å². The molecule has 0 bridgehead atoms. The molecular formula is C27H37N3O4. The number of nitrogens with zero attached hydrogens (tertiary/aromatic N) is 2. The number of carboxylic acid groups (broad SMARTS) is 2. The van der Waals surface area contributed by atoms with Crippen LogP contribution in [0.2, 0.25) is 0 Å². The maximum atomic E-state index is 11.3. The number of anilines is 2. The number of hydrogen-bond acceptors (Lipinski definition) is 5. The highest BCUT2D eigenvalue weighted by molar-refractivity contribution is 5.80. The molecule has 184 valence electrons. The van der Waals surface area contributed by atoms with Gasteiger partial charge in [0.2, 0.25) is 0 Å². The summed E-state index contributed by atoms with van der Waals surface area (Å²) in [5, 5.41) is 18.5. The van der Waals surface area contributed by atoms with Crippen molar-refractivity contribution in [1.82, 2.24) is 0 Å². The number of rotatable bonds is 4. The fraction of sp³-hybridized carbons (Fsp3) is 0.481. The van der Waals surface area contributed by atoms with Gasteiger partial charge in [0.25, 0.3) is 0 Å². The molecule has 0 amide bonds. The topological polar surface area (TPSA) is 107 Å². The maximum Gasteiger partial charge on any atom is 0.324 e. The van der Waals surface area contributed by atoms with E-state index in [1.54, 1.807) is 0 Å². The first-order valence-corrected chi connectivity index (χ1v) is 11.7. The number of benzene rings is 2. The highest BCUT2D eigenvalue weighted by Gasteiger charge is 2.39. The lowest BCUT2D eigenvalue weighted by Crippen LogP contribution is -2.52. The van der Waals surface area contributed by atoms with Crippen LogP contribution in [0.5, 0.6) is 0 Å². The first-order chi connectivity index (χ1) is 15.9. The molecule has 0 fully saturated rings. The molecule has 0 heterocycles. The number of fused-ring (bicyclic) bond motifs is 2. The van der Waals surface area contributed by atoms with Crippen LogP contribution in [0.25, 0.3) is 0 Å². The number of carbonyl (C=O) groups is 2. The minimum atomic E-state index is -1.10. The van der Waals surface area contributed by atoms with Crippen LogP contribution >= 0.6 is 0 Å². The van der Waals surface area contributed by atoms with Gasteiger partial charge in [0.05, 0.1) is 5.41 Å². The molecule has 2 aromatic rings. The second-order valence-electron chi connectivity index (χ2n) is 10.3. The fourth-order valence-electron chi connectivity index (χ4n) is 5.04. The van der Waals surface area contributed by atoms with Crippen molar-refractivity contribution < 1.29 is 19.8 Å². The zero-order valence-corrected chi connectivity index (χ0v) is 20.9. The second-order valence-corrected chi connectivity index (χ2v) is 10.3. The third-order valence-electron chi connectivity index (χ3n) is 7.24. The summed E-state index contributed by atoms with van der Waals surface area (Å²) in [6.45, 7) is 1.85. The minimum Gasteiger partial charge on any atom is -0.481 e. The average Bonchev–Trinajstić information content (AvgIpc) is 2.78. The molecule has 2 aromatic carbocycles. The average molecular weight is 468 g/mol. The van der Waals surface area contributed by atoms with E-state index in [-0.39, 0.29) is 0 Å². The summed E-state index contributed by atoms with van der Waals surface area (Å²) < 4.78 is 0. The Hall–Kier alpha value is -3.06. The molecule has 4 rings (SSSR count). The predicted octanol–water partition coefficient (Wildman–Crippen LogP) is 3.36. The minimum absolute atomic E-state index is 0.416. The summed E-state index contributed by atoms with van der Waals surface area (Å²) in [5.41, 5.74) is 11.4. The molecular weight excluding hydrogens is 430 g/mol. The molecule has 7 heteroatoms. The van der Waals surface area contributed by atoms with E-state index in [4.69, 9.17) is 10.8 Å². The van der Waals surface area contributed by atoms with Gasteiger partial charge in [-0.05, 0) is 73.4 Å². The zero-order chi connectivity index (χ0) is 25.3. The van der Waals surface area contributed by atoms with E-state index in [1.165, 1.54) is 22.4 Å². The first kappa shape index (κ1) is 25.6. The monoisotopic (exact) mass is 467 g/mol. The van der Waals surface area contributed by atoms with Gasteiger partial charge in [-0.25, -0.2) is 0 Å². The van der Waals surface area contributed by atoms with Crippen molar-refractivity contribution in [3.8, 4) is 0 Å². The lowest BCUT2D eigenvalue weighted by molar-refractivity contribution is -0.148. The molecule has 2 atom stereocenters. The van der Waals surface area contributed by atoms with E-state index in [2.05, 4.69) is 28.0 Å². The van der Waals surface area contributed by atoms with Gasteiger partial charge in [0.1, 0.15) is 5.54 Å². The summed E-state index contributed by atoms with van der Waals surface area (Å²) in [7, 11) is 8.05. The van der Waals surface area contributed by atoms with Crippen LogP contribution in [0, 0.1) is 5.41 Å². The number of aliphatic carboxylic acids is 2. The van der Waals surface area contributed by atoms with Crippen LogP contribution < -0.4 is 15.5 Å². The lowest BCUT2D eigenvalue weighted by Gasteiger charge is -2.33. The molecule has 0 saturated carbocycles. The smallest absolute Gasteiger partial charge is 0.324 e. The van der Waals surface area contributed by atoms with E-state index in [9.17, 15) is 14.7 Å². The van der Waals surface area contributed by atoms with Gasteiger partial charge < -0.3 is 25.7 Å². The summed E-state index contributed by atoms with van der Waals surface area (Å²) in [6, 6.07) is 12.2. The van der Waals surface area contributed by atoms with Crippen molar-refractivity contribution in [3.05, 3.63) is 58.7 Å². The summed E-state index contributed by atoms with van der Waals surface area (Å²) in [4.78, 5) is 26.6. The Kier molecular flexibility index (Phi) is 7.26. The molecule has 0 aromatic heterocycles. The standard InChI is InChI=1S/C14H19NO2.C13H18N2O2/c1-14(13(16)17)8-7-11-10(9-14)5-4-6-12(11)15(2)3;1-15(2)11-5-3-4-9-8-13(14,12(16)17)7-6-10(9)11/h4-6H,7-9H2,1-3H3,(H,16,17);3-5H,6-8,14H2,1-2H3,(H,16,17). The summed E-state index contributed by atoms with van der Waals surface area (Å²) in [6.07, 6.45) is 3.86. The van der Waals surface area contributed by atoms with Gasteiger partial charge in [-0.3, -0.25) is 9.59 Å². The second kappa shape index (κ2) is 9.66. The molecule has 2 aliphatic carbocycles. The number of hydrogen-bond donors (Lipinski definition) is 3. The Morgan fingerprint density at radius 1 is 0.794 bits per heavy atom. The van der Waals surface area contributed by atoms with Crippen molar-refractivity contribution >= 4 is 23.3 Å². The van der Waals surface area contributed by atoms with E-state index in [0.717, 1.165) is 30.5 Å². The van der Waals surface area contributed by atoms with Crippen LogP contribution in [0.3, 0.4) is 0 Å². The Morgan fingerprint density at radius 3 is 1.71 bits per heavy atom. The maximum absolute atomic E-state index is 11.3. The summed E-state index contributed by atoms with van der Waals surface area (Å²) in [5.74, 6) is -1.59. The van der Waals surface area contributed by atoms with Gasteiger partial charge in [-0.1, -0.05) is 24.3 Å². The molecule has 34 heavy (non-hydrogen) atoms. The van der Waals surface area contributed by atoms with E-state index >= 15 is 0 Å². The number of nitrogens with two attached hydrogens (primary N) is 1. The third kappa shape index (κ3) is 5.04. The van der Waals surface area contributed by atoms with Crippen LogP contribution in [0.15, 0.2) is 36.4 Å². The number of carboxylic acids is 2. The van der Waals surface area contributed by atoms with E-state index < -0.39 is 22.9 Å². The summed E-state index contributed by atoms with van der Waals surface area (Å²) >= 11 is 0. The van der Waals surface area contributed by atoms with Crippen molar-refractivity contribution in [1.29, 1.82) is 0 Å². The van der Waals surface area contributed by atoms with Gasteiger partial charge in [-0.15, -0.1) is 0 Å². The molecule has 0 radical (unpaired) electrons. The fourth-order valence-corrected chi connectivity index (χ4v) is 5.04. The van der Waals surface area contributed by atoms with Crippen molar-refractivity contribution in [2.75, 3.05) is 38.0 Å². The van der Waals surface area contributed by atoms with Crippen molar-refractivity contribution in [3.63, 3.8) is 0 Å². The quantitative estimate of drug-likeness (QED) is 0.633. The molecule has 0 spiro atoms. The predicted molar refractivity (Wildman–Crippen MR) is 136 cm³/mol. The van der Waals surface area contributed by atoms with Gasteiger partial charge in [0.15, 0.2) is 0 Å². The van der Waals surface area contributed by atoms with Crippen LogP contribution in [0.4, 0.5) is 11.4 Å². The van der Waals surface area contributed by atoms with Crippen LogP contribution in [-0.2, 0) is 35.3 Å². The SMILES string of the molecule is CN(C)c1cccc2c1CCC(C)(C(=O)O)C2.CN(C)c1cccc2c1CCC(N)(C(=O)O)C2. The zero-order valence-electron chi connectivity index (χ0n) is 20.9. The lowest BCUT2D eigenvalue weighted by atomic mass is 9.72. The Labute approximate surface area is 202 Å². The largest absolute Gasteiger partial charge is 0.481 e. The normalized spacial score (nSPS) is 23.0. The molecule has 2 unspecified atom stereocenters. The molecule has 0 saturated heterocycles. The highest BCUT2D eigenvalue weighted by Crippen LogP contribution is 2.39. The Balaban J connectivity index is 0.000000191. The molecule has 2 aliphatic rings. The van der Waals surface area contributed by atoms with Crippen molar-refractivity contribution in [2.24, 2.45) is 11.1 Å². The van der Waals surface area contributed by atoms with Gasteiger partial charge in [-0.2, -0.15) is 0 Å². The van der Waals surface area contributed by atoms with E-state index in [0.29, 0.717) is 19.3 Å².